The van der Waals surface area contributed by atoms with Crippen LogP contribution < -0.4 is 10.6 Å². The Labute approximate surface area is 112 Å². The predicted octanol–water partition coefficient (Wildman–Crippen LogP) is 2.86. The van der Waals surface area contributed by atoms with Gasteiger partial charge in [0.15, 0.2) is 0 Å². The molecule has 2 N–H and O–H groups in total. The van der Waals surface area contributed by atoms with Gasteiger partial charge in [-0.1, -0.05) is 12.8 Å². The van der Waals surface area contributed by atoms with Gasteiger partial charge in [0.25, 0.3) is 0 Å². The fourth-order valence-corrected chi connectivity index (χ4v) is 3.13. The van der Waals surface area contributed by atoms with Crippen LogP contribution in [0.25, 0.3) is 0 Å². The molecule has 4 heteroatoms. The summed E-state index contributed by atoms with van der Waals surface area (Å²) in [4.78, 5) is 6.94. The molecule has 2 heterocycles. The van der Waals surface area contributed by atoms with E-state index in [-0.39, 0.29) is 0 Å². The van der Waals surface area contributed by atoms with Crippen LogP contribution in [0.2, 0.25) is 0 Å². The lowest BCUT2D eigenvalue weighted by molar-refractivity contribution is 0.575. The van der Waals surface area contributed by atoms with Gasteiger partial charge in [-0.25, -0.2) is 4.98 Å². The number of hydrogen-bond acceptors (Lipinski definition) is 3. The van der Waals surface area contributed by atoms with Crippen molar-refractivity contribution >= 4 is 21.7 Å². The Bertz CT molecular complexity index is 381. The maximum Gasteiger partial charge on any atom is 0.143 e. The number of aryl methyl sites for hydroxylation is 1. The van der Waals surface area contributed by atoms with Crippen molar-refractivity contribution in [1.29, 1.82) is 0 Å². The number of anilines is 1. The van der Waals surface area contributed by atoms with E-state index in [2.05, 4.69) is 38.8 Å². The number of hydrogen-bond donors (Lipinski definition) is 1. The molecule has 0 aliphatic carbocycles. The largest absolute Gasteiger partial charge is 0.351 e. The molecule has 0 saturated carbocycles. The lowest BCUT2D eigenvalue weighted by atomic mass is 10.1. The van der Waals surface area contributed by atoms with Gasteiger partial charge >= 0.3 is 0 Å². The quantitative estimate of drug-likeness (QED) is 0.913. The van der Waals surface area contributed by atoms with Gasteiger partial charge in [-0.15, -0.1) is 0 Å². The summed E-state index contributed by atoms with van der Waals surface area (Å²) in [6, 6.07) is 2.56. The third kappa shape index (κ3) is 2.99. The van der Waals surface area contributed by atoms with Gasteiger partial charge in [0.05, 0.1) is 4.47 Å². The summed E-state index contributed by atoms with van der Waals surface area (Å²) in [5.41, 5.74) is 7.08. The minimum Gasteiger partial charge on any atom is -0.351 e. The normalized spacial score (nSPS) is 21.4. The maximum atomic E-state index is 5.90. The number of rotatable bonds is 2. The van der Waals surface area contributed by atoms with Gasteiger partial charge in [-0.3, -0.25) is 0 Å². The number of halogens is 1. The molecule has 1 aromatic rings. The molecule has 0 aromatic carbocycles. The SMILES string of the molecule is Cc1cnc(N2CCCCCC2CN)c(Br)c1. The smallest absolute Gasteiger partial charge is 0.143 e. The number of nitrogens with two attached hydrogens (primary N) is 1. The first-order valence-corrected chi connectivity index (χ1v) is 7.10. The van der Waals surface area contributed by atoms with Crippen molar-refractivity contribution in [1.82, 2.24) is 4.98 Å². The molecule has 1 aliphatic rings. The van der Waals surface area contributed by atoms with E-state index in [9.17, 15) is 0 Å². The summed E-state index contributed by atoms with van der Waals surface area (Å²) in [6.07, 6.45) is 6.92. The van der Waals surface area contributed by atoms with Crippen molar-refractivity contribution in [3.63, 3.8) is 0 Å². The van der Waals surface area contributed by atoms with Crippen LogP contribution in [0.1, 0.15) is 31.2 Å². The molecule has 0 amide bonds. The molecule has 94 valence electrons. The Hall–Kier alpha value is -0.610. The van der Waals surface area contributed by atoms with Crippen LogP contribution >= 0.6 is 15.9 Å². The average Bonchev–Trinajstić information content (AvgIpc) is 2.54. The zero-order valence-corrected chi connectivity index (χ0v) is 11.9. The molecule has 0 bridgehead atoms. The molecule has 1 unspecified atom stereocenters. The summed E-state index contributed by atoms with van der Waals surface area (Å²) in [7, 11) is 0. The molecule has 1 fully saturated rings. The molecule has 0 spiro atoms. The topological polar surface area (TPSA) is 42.2 Å². The van der Waals surface area contributed by atoms with Crippen molar-refractivity contribution in [3.05, 3.63) is 22.3 Å². The Morgan fingerprint density at radius 2 is 2.29 bits per heavy atom. The number of pyridine rings is 1. The van der Waals surface area contributed by atoms with Crippen molar-refractivity contribution in [3.8, 4) is 0 Å². The molecule has 0 radical (unpaired) electrons. The Morgan fingerprint density at radius 3 is 3.00 bits per heavy atom. The van der Waals surface area contributed by atoms with Crippen molar-refractivity contribution in [2.75, 3.05) is 18.0 Å². The Kier molecular flexibility index (Phi) is 4.40. The summed E-state index contributed by atoms with van der Waals surface area (Å²) in [5, 5.41) is 0. The summed E-state index contributed by atoms with van der Waals surface area (Å²) < 4.78 is 1.08. The van der Waals surface area contributed by atoms with Crippen LogP contribution in [0.15, 0.2) is 16.7 Å². The van der Waals surface area contributed by atoms with E-state index in [4.69, 9.17) is 5.73 Å². The molecule has 1 atom stereocenters. The van der Waals surface area contributed by atoms with Gasteiger partial charge in [0, 0.05) is 25.3 Å². The highest BCUT2D eigenvalue weighted by atomic mass is 79.9. The fraction of sp³-hybridized carbons (Fsp3) is 0.615. The monoisotopic (exact) mass is 297 g/mol. The zero-order valence-electron chi connectivity index (χ0n) is 10.3. The van der Waals surface area contributed by atoms with Crippen molar-refractivity contribution in [2.24, 2.45) is 5.73 Å². The third-order valence-electron chi connectivity index (χ3n) is 3.38. The van der Waals surface area contributed by atoms with E-state index in [0.29, 0.717) is 12.6 Å². The molecule has 1 saturated heterocycles. The van der Waals surface area contributed by atoms with Crippen LogP contribution in [-0.4, -0.2) is 24.1 Å². The van der Waals surface area contributed by atoms with Gasteiger partial charge in [-0.05, 0) is 47.3 Å². The second-order valence-electron chi connectivity index (χ2n) is 4.75. The Morgan fingerprint density at radius 1 is 1.47 bits per heavy atom. The van der Waals surface area contributed by atoms with Gasteiger partial charge in [-0.2, -0.15) is 0 Å². The lowest BCUT2D eigenvalue weighted by Gasteiger charge is -2.31. The van der Waals surface area contributed by atoms with E-state index in [1.165, 1.54) is 31.2 Å². The Balaban J connectivity index is 2.28. The first-order valence-electron chi connectivity index (χ1n) is 6.31. The van der Waals surface area contributed by atoms with E-state index >= 15 is 0 Å². The highest BCUT2D eigenvalue weighted by Crippen LogP contribution is 2.29. The second-order valence-corrected chi connectivity index (χ2v) is 5.60. The standard InChI is InChI=1S/C13H20BrN3/c1-10-7-12(14)13(16-9-10)17-6-4-2-3-5-11(17)8-15/h7,9,11H,2-6,8,15H2,1H3. The molecule has 3 nitrogen and oxygen atoms in total. The first kappa shape index (κ1) is 12.8. The number of nitrogens with zero attached hydrogens (tertiary/aromatic N) is 2. The van der Waals surface area contributed by atoms with Crippen LogP contribution in [0, 0.1) is 6.92 Å². The second kappa shape index (κ2) is 5.83. The third-order valence-corrected chi connectivity index (χ3v) is 3.96. The summed E-state index contributed by atoms with van der Waals surface area (Å²) >= 11 is 3.62. The molecule has 1 aliphatic heterocycles. The van der Waals surface area contributed by atoms with E-state index in [1.54, 1.807) is 0 Å². The summed E-state index contributed by atoms with van der Waals surface area (Å²) in [5.74, 6) is 1.05. The van der Waals surface area contributed by atoms with Crippen LogP contribution in [-0.2, 0) is 0 Å². The first-order chi connectivity index (χ1) is 8.22. The van der Waals surface area contributed by atoms with Crippen LogP contribution in [0.3, 0.4) is 0 Å². The molecule has 2 rings (SSSR count). The van der Waals surface area contributed by atoms with E-state index < -0.39 is 0 Å². The van der Waals surface area contributed by atoms with Crippen LogP contribution in [0.4, 0.5) is 5.82 Å². The molecular formula is C13H20BrN3. The fourth-order valence-electron chi connectivity index (χ4n) is 2.44. The van der Waals surface area contributed by atoms with Crippen molar-refractivity contribution < 1.29 is 0 Å². The van der Waals surface area contributed by atoms with E-state index in [1.807, 2.05) is 6.20 Å². The predicted molar refractivity (Wildman–Crippen MR) is 75.3 cm³/mol. The average molecular weight is 298 g/mol. The minimum atomic E-state index is 0.434. The zero-order chi connectivity index (χ0) is 12.3. The maximum absolute atomic E-state index is 5.90. The van der Waals surface area contributed by atoms with E-state index in [0.717, 1.165) is 16.8 Å². The number of aromatic nitrogens is 1. The highest BCUT2D eigenvalue weighted by Gasteiger charge is 2.22. The summed E-state index contributed by atoms with van der Waals surface area (Å²) in [6.45, 7) is 3.84. The highest BCUT2D eigenvalue weighted by molar-refractivity contribution is 9.10. The molecular weight excluding hydrogens is 278 g/mol. The molecule has 1 aromatic heterocycles. The molecule has 17 heavy (non-hydrogen) atoms. The van der Waals surface area contributed by atoms with Gasteiger partial charge in [0.2, 0.25) is 0 Å². The minimum absolute atomic E-state index is 0.434. The van der Waals surface area contributed by atoms with Gasteiger partial charge in [0.1, 0.15) is 5.82 Å². The van der Waals surface area contributed by atoms with Crippen LogP contribution in [0.5, 0.6) is 0 Å². The van der Waals surface area contributed by atoms with Crippen molar-refractivity contribution in [2.45, 2.75) is 38.6 Å². The van der Waals surface area contributed by atoms with Gasteiger partial charge < -0.3 is 10.6 Å². The lowest BCUT2D eigenvalue weighted by Crippen LogP contribution is -2.41.